The summed E-state index contributed by atoms with van der Waals surface area (Å²) in [7, 11) is 0. The molecule has 1 N–H and O–H groups in total. The second kappa shape index (κ2) is 5.16. The monoisotopic (exact) mass is 329 g/mol. The first kappa shape index (κ1) is 13.8. The highest BCUT2D eigenvalue weighted by Gasteiger charge is 2.31. The molecular weight excluding hydrogens is 327 g/mol. The van der Waals surface area contributed by atoms with Crippen molar-refractivity contribution in [3.05, 3.63) is 26.8 Å². The van der Waals surface area contributed by atoms with E-state index in [1.165, 1.54) is 11.3 Å². The lowest BCUT2D eigenvalue weighted by atomic mass is 10.3. The molecule has 2 aromatic rings. The van der Waals surface area contributed by atoms with Crippen LogP contribution in [0.1, 0.15) is 5.56 Å². The molecule has 0 atom stereocenters. The predicted octanol–water partition coefficient (Wildman–Crippen LogP) is 4.42. The third-order valence-electron chi connectivity index (χ3n) is 1.74. The van der Waals surface area contributed by atoms with Gasteiger partial charge < -0.3 is 0 Å². The molecule has 96 valence electrons. The lowest BCUT2D eigenvalue weighted by molar-refractivity contribution is -0.137. The molecule has 0 fully saturated rings. The molecule has 0 saturated carbocycles. The molecule has 2 heterocycles. The van der Waals surface area contributed by atoms with Crippen molar-refractivity contribution in [2.75, 3.05) is 0 Å². The molecule has 0 amide bonds. The average molecular weight is 330 g/mol. The Bertz CT molecular complexity index is 622. The van der Waals surface area contributed by atoms with Gasteiger partial charge in [-0.05, 0) is 30.0 Å². The fraction of sp³-hybridized carbons (Fsp3) is 0.125. The predicted molar refractivity (Wildman–Crippen MR) is 65.7 cm³/mol. The SMILES string of the molecule is FC(F)(F)c1cnc(Sc2n[nH]c(=S)s2)c(Cl)c1. The van der Waals surface area contributed by atoms with E-state index in [2.05, 4.69) is 15.2 Å². The van der Waals surface area contributed by atoms with E-state index in [1.807, 2.05) is 0 Å². The van der Waals surface area contributed by atoms with Crippen molar-refractivity contribution in [2.45, 2.75) is 15.5 Å². The molecule has 0 spiro atoms. The van der Waals surface area contributed by atoms with Crippen molar-refractivity contribution in [1.29, 1.82) is 0 Å². The zero-order valence-electron chi connectivity index (χ0n) is 8.29. The molecule has 0 aliphatic carbocycles. The fourth-order valence-corrected chi connectivity index (χ4v) is 3.23. The molecular formula is C8H3ClF3N3S3. The van der Waals surface area contributed by atoms with Crippen LogP contribution in [0.25, 0.3) is 0 Å². The first-order valence-electron chi connectivity index (χ1n) is 4.32. The molecule has 0 unspecified atom stereocenters. The molecule has 3 nitrogen and oxygen atoms in total. The van der Waals surface area contributed by atoms with E-state index in [1.54, 1.807) is 0 Å². The zero-order chi connectivity index (χ0) is 13.3. The summed E-state index contributed by atoms with van der Waals surface area (Å²) in [6.07, 6.45) is -3.72. The number of halogens is 4. The van der Waals surface area contributed by atoms with Gasteiger partial charge in [-0.1, -0.05) is 22.9 Å². The van der Waals surface area contributed by atoms with Crippen LogP contribution in [-0.4, -0.2) is 15.2 Å². The van der Waals surface area contributed by atoms with Gasteiger partial charge in [0.15, 0.2) is 8.29 Å². The Morgan fingerprint density at radius 1 is 1.44 bits per heavy atom. The van der Waals surface area contributed by atoms with Crippen LogP contribution in [0, 0.1) is 3.95 Å². The maximum atomic E-state index is 12.4. The van der Waals surface area contributed by atoms with E-state index in [4.69, 9.17) is 23.8 Å². The maximum absolute atomic E-state index is 12.4. The van der Waals surface area contributed by atoms with Gasteiger partial charge in [-0.25, -0.2) is 4.98 Å². The maximum Gasteiger partial charge on any atom is 0.417 e. The van der Waals surface area contributed by atoms with Crippen LogP contribution < -0.4 is 0 Å². The molecule has 18 heavy (non-hydrogen) atoms. The summed E-state index contributed by atoms with van der Waals surface area (Å²) in [4.78, 5) is 3.68. The summed E-state index contributed by atoms with van der Waals surface area (Å²) in [6, 6.07) is 0.836. The van der Waals surface area contributed by atoms with Crippen LogP contribution in [0.2, 0.25) is 5.02 Å². The average Bonchev–Trinajstić information content (AvgIpc) is 2.65. The molecule has 0 radical (unpaired) electrons. The molecule has 0 aliphatic rings. The van der Waals surface area contributed by atoms with Gasteiger partial charge >= 0.3 is 6.18 Å². The quantitative estimate of drug-likeness (QED) is 0.828. The van der Waals surface area contributed by atoms with Crippen molar-refractivity contribution in [2.24, 2.45) is 0 Å². The Morgan fingerprint density at radius 2 is 2.17 bits per heavy atom. The molecule has 2 aromatic heterocycles. The topological polar surface area (TPSA) is 41.6 Å². The number of nitrogens with one attached hydrogen (secondary N) is 1. The lowest BCUT2D eigenvalue weighted by Gasteiger charge is -2.07. The lowest BCUT2D eigenvalue weighted by Crippen LogP contribution is -2.05. The minimum absolute atomic E-state index is 0.0732. The van der Waals surface area contributed by atoms with Gasteiger partial charge in [0.25, 0.3) is 0 Å². The number of H-pyrrole nitrogens is 1. The van der Waals surface area contributed by atoms with E-state index in [9.17, 15) is 13.2 Å². The van der Waals surface area contributed by atoms with E-state index >= 15 is 0 Å². The molecule has 0 aliphatic heterocycles. The van der Waals surface area contributed by atoms with E-state index < -0.39 is 11.7 Å². The first-order chi connectivity index (χ1) is 8.36. The van der Waals surface area contributed by atoms with Crippen LogP contribution in [0.3, 0.4) is 0 Å². The van der Waals surface area contributed by atoms with E-state index in [-0.39, 0.29) is 10.0 Å². The van der Waals surface area contributed by atoms with Crippen molar-refractivity contribution >= 4 is 46.9 Å². The minimum Gasteiger partial charge on any atom is -0.257 e. The molecule has 0 aromatic carbocycles. The summed E-state index contributed by atoms with van der Waals surface area (Å²) >= 11 is 12.8. The Labute approximate surface area is 117 Å². The van der Waals surface area contributed by atoms with Gasteiger partial charge in [-0.2, -0.15) is 18.3 Å². The van der Waals surface area contributed by atoms with E-state index in [0.717, 1.165) is 24.0 Å². The number of aromatic amines is 1. The largest absolute Gasteiger partial charge is 0.417 e. The van der Waals surface area contributed by atoms with Gasteiger partial charge in [0.1, 0.15) is 5.03 Å². The molecule has 0 saturated heterocycles. The fourth-order valence-electron chi connectivity index (χ4n) is 0.998. The molecule has 2 rings (SSSR count). The minimum atomic E-state index is -4.46. The van der Waals surface area contributed by atoms with E-state index in [0.29, 0.717) is 8.29 Å². The molecule has 0 bridgehead atoms. The third-order valence-corrected chi connectivity index (χ3v) is 4.31. The Kier molecular flexibility index (Phi) is 3.95. The van der Waals surface area contributed by atoms with Crippen LogP contribution >= 0.6 is 46.9 Å². The number of rotatable bonds is 2. The second-order valence-electron chi connectivity index (χ2n) is 2.99. The number of hydrogen-bond donors (Lipinski definition) is 1. The van der Waals surface area contributed by atoms with Gasteiger partial charge in [0, 0.05) is 6.20 Å². The Hall–Kier alpha value is -0.640. The van der Waals surface area contributed by atoms with Crippen molar-refractivity contribution in [3.63, 3.8) is 0 Å². The van der Waals surface area contributed by atoms with Crippen molar-refractivity contribution < 1.29 is 13.2 Å². The Balaban J connectivity index is 2.28. The van der Waals surface area contributed by atoms with Gasteiger partial charge in [0.05, 0.1) is 10.6 Å². The van der Waals surface area contributed by atoms with Crippen LogP contribution in [0.4, 0.5) is 13.2 Å². The van der Waals surface area contributed by atoms with Gasteiger partial charge in [0.2, 0.25) is 0 Å². The summed E-state index contributed by atoms with van der Waals surface area (Å²) < 4.78 is 38.2. The van der Waals surface area contributed by atoms with Crippen LogP contribution in [0.15, 0.2) is 21.6 Å². The smallest absolute Gasteiger partial charge is 0.257 e. The zero-order valence-corrected chi connectivity index (χ0v) is 11.5. The summed E-state index contributed by atoms with van der Waals surface area (Å²) in [6.45, 7) is 0. The standard InChI is InChI=1S/C8H3ClF3N3S3/c9-4-1-3(8(10,11)12)2-13-5(4)17-7-15-14-6(16)18-7/h1-2H,(H,14,16). The number of nitrogens with zero attached hydrogens (tertiary/aromatic N) is 2. The highest BCUT2D eigenvalue weighted by atomic mass is 35.5. The third kappa shape index (κ3) is 3.22. The van der Waals surface area contributed by atoms with Crippen molar-refractivity contribution in [3.8, 4) is 0 Å². The van der Waals surface area contributed by atoms with Gasteiger partial charge in [-0.3, -0.25) is 5.10 Å². The number of alkyl halides is 3. The van der Waals surface area contributed by atoms with Crippen LogP contribution in [-0.2, 0) is 6.18 Å². The number of hydrogen-bond acceptors (Lipinski definition) is 5. The summed E-state index contributed by atoms with van der Waals surface area (Å²) in [5, 5.41) is 6.59. The summed E-state index contributed by atoms with van der Waals surface area (Å²) in [5.41, 5.74) is -0.883. The van der Waals surface area contributed by atoms with Gasteiger partial charge in [-0.15, -0.1) is 0 Å². The number of pyridine rings is 1. The Morgan fingerprint density at radius 3 is 2.67 bits per heavy atom. The molecule has 10 heteroatoms. The second-order valence-corrected chi connectivity index (χ2v) is 6.30. The first-order valence-corrected chi connectivity index (χ1v) is 6.74. The number of aromatic nitrogens is 3. The highest BCUT2D eigenvalue weighted by molar-refractivity contribution is 8.01. The normalized spacial score (nSPS) is 11.8. The van der Waals surface area contributed by atoms with Crippen molar-refractivity contribution in [1.82, 2.24) is 15.2 Å². The van der Waals surface area contributed by atoms with Crippen LogP contribution in [0.5, 0.6) is 0 Å². The summed E-state index contributed by atoms with van der Waals surface area (Å²) in [5.74, 6) is 0. The highest BCUT2D eigenvalue weighted by Crippen LogP contribution is 2.36.